The third-order valence-corrected chi connectivity index (χ3v) is 3.69. The van der Waals surface area contributed by atoms with E-state index >= 15 is 0 Å². The van der Waals surface area contributed by atoms with Crippen LogP contribution in [-0.2, 0) is 0 Å². The molecule has 0 aliphatic carbocycles. The second-order valence-corrected chi connectivity index (χ2v) is 5.10. The quantitative estimate of drug-likeness (QED) is 0.720. The number of fused-ring (bicyclic) bond motifs is 1. The fraction of sp³-hybridized carbons (Fsp3) is 0.167. The molecule has 1 aromatic heterocycles. The Balaban J connectivity index is 1.87. The number of aromatic nitrogens is 1. The average Bonchev–Trinajstić information content (AvgIpc) is 2.98. The summed E-state index contributed by atoms with van der Waals surface area (Å²) >= 11 is 0. The zero-order chi connectivity index (χ0) is 15.5. The molecule has 0 saturated carbocycles. The average molecular weight is 295 g/mol. The number of aldehydes is 1. The SMILES string of the molecule is COc1ccc2[nH]cc(C(C)Oc3ccc(C=O)cc3)c2c1. The van der Waals surface area contributed by atoms with Gasteiger partial charge in [0.1, 0.15) is 23.9 Å². The summed E-state index contributed by atoms with van der Waals surface area (Å²) in [6, 6.07) is 13.0. The van der Waals surface area contributed by atoms with E-state index in [2.05, 4.69) is 4.98 Å². The first-order valence-corrected chi connectivity index (χ1v) is 7.08. The molecule has 3 aromatic rings. The van der Waals surface area contributed by atoms with Gasteiger partial charge in [0.05, 0.1) is 7.11 Å². The largest absolute Gasteiger partial charge is 0.497 e. The smallest absolute Gasteiger partial charge is 0.150 e. The number of benzene rings is 2. The molecule has 112 valence electrons. The number of nitrogens with one attached hydrogen (secondary N) is 1. The van der Waals surface area contributed by atoms with E-state index in [1.165, 1.54) is 0 Å². The van der Waals surface area contributed by atoms with E-state index in [0.717, 1.165) is 34.3 Å². The number of rotatable bonds is 5. The summed E-state index contributed by atoms with van der Waals surface area (Å²) in [5.74, 6) is 1.55. The van der Waals surface area contributed by atoms with Crippen LogP contribution in [-0.4, -0.2) is 18.4 Å². The molecule has 0 bridgehead atoms. The molecule has 0 saturated heterocycles. The van der Waals surface area contributed by atoms with Crippen LogP contribution in [0.1, 0.15) is 28.9 Å². The molecule has 4 heteroatoms. The maximum atomic E-state index is 10.7. The number of carbonyl (C=O) groups is 1. The van der Waals surface area contributed by atoms with Crippen molar-refractivity contribution in [3.8, 4) is 11.5 Å². The van der Waals surface area contributed by atoms with E-state index < -0.39 is 0 Å². The minimum atomic E-state index is -0.122. The molecular weight excluding hydrogens is 278 g/mol. The maximum absolute atomic E-state index is 10.7. The molecule has 0 aliphatic rings. The van der Waals surface area contributed by atoms with Crippen LogP contribution < -0.4 is 9.47 Å². The van der Waals surface area contributed by atoms with Crippen molar-refractivity contribution in [2.45, 2.75) is 13.0 Å². The molecule has 1 unspecified atom stereocenters. The minimum Gasteiger partial charge on any atom is -0.497 e. The van der Waals surface area contributed by atoms with E-state index in [1.54, 1.807) is 31.4 Å². The second-order valence-electron chi connectivity index (χ2n) is 5.10. The summed E-state index contributed by atoms with van der Waals surface area (Å²) in [5, 5.41) is 1.08. The van der Waals surface area contributed by atoms with Crippen LogP contribution in [0.4, 0.5) is 0 Å². The van der Waals surface area contributed by atoms with Crippen LogP contribution in [0.3, 0.4) is 0 Å². The van der Waals surface area contributed by atoms with Crippen LogP contribution in [0.25, 0.3) is 10.9 Å². The summed E-state index contributed by atoms with van der Waals surface area (Å²) in [6.45, 7) is 2.00. The third-order valence-electron chi connectivity index (χ3n) is 3.69. The van der Waals surface area contributed by atoms with Gasteiger partial charge in [-0.25, -0.2) is 0 Å². The Hall–Kier alpha value is -2.75. The zero-order valence-electron chi connectivity index (χ0n) is 12.5. The van der Waals surface area contributed by atoms with Gasteiger partial charge < -0.3 is 14.5 Å². The van der Waals surface area contributed by atoms with Crippen LogP contribution in [0.2, 0.25) is 0 Å². The summed E-state index contributed by atoms with van der Waals surface area (Å²) in [7, 11) is 1.65. The Bertz CT molecular complexity index is 790. The fourth-order valence-corrected chi connectivity index (χ4v) is 2.48. The highest BCUT2D eigenvalue weighted by molar-refractivity contribution is 5.85. The van der Waals surface area contributed by atoms with Gasteiger partial charge in [0.2, 0.25) is 0 Å². The topological polar surface area (TPSA) is 51.3 Å². The molecule has 2 aromatic carbocycles. The monoisotopic (exact) mass is 295 g/mol. The van der Waals surface area contributed by atoms with Crippen LogP contribution in [0, 0.1) is 0 Å². The molecule has 0 fully saturated rings. The Labute approximate surface area is 128 Å². The summed E-state index contributed by atoms with van der Waals surface area (Å²) in [6.07, 6.45) is 2.65. The van der Waals surface area contributed by atoms with Crippen LogP contribution in [0.15, 0.2) is 48.7 Å². The number of methoxy groups -OCH3 is 1. The van der Waals surface area contributed by atoms with Gasteiger partial charge in [0.15, 0.2) is 0 Å². The van der Waals surface area contributed by atoms with E-state index in [-0.39, 0.29) is 6.10 Å². The fourth-order valence-electron chi connectivity index (χ4n) is 2.48. The molecule has 0 aliphatic heterocycles. The van der Waals surface area contributed by atoms with Crippen molar-refractivity contribution in [2.24, 2.45) is 0 Å². The van der Waals surface area contributed by atoms with Gasteiger partial charge in [-0.1, -0.05) is 0 Å². The Morgan fingerprint density at radius 1 is 1.09 bits per heavy atom. The number of aromatic amines is 1. The highest BCUT2D eigenvalue weighted by Crippen LogP contribution is 2.30. The normalized spacial score (nSPS) is 12.1. The van der Waals surface area contributed by atoms with Crippen molar-refractivity contribution < 1.29 is 14.3 Å². The van der Waals surface area contributed by atoms with Crippen molar-refractivity contribution in [2.75, 3.05) is 7.11 Å². The molecular formula is C18H17NO3. The predicted octanol–water partition coefficient (Wildman–Crippen LogP) is 4.13. The van der Waals surface area contributed by atoms with E-state index in [9.17, 15) is 4.79 Å². The van der Waals surface area contributed by atoms with Gasteiger partial charge in [-0.15, -0.1) is 0 Å². The molecule has 0 radical (unpaired) electrons. The lowest BCUT2D eigenvalue weighted by Gasteiger charge is -2.14. The van der Waals surface area contributed by atoms with E-state index in [4.69, 9.17) is 9.47 Å². The van der Waals surface area contributed by atoms with Crippen molar-refractivity contribution in [1.29, 1.82) is 0 Å². The number of ether oxygens (including phenoxy) is 2. The predicted molar refractivity (Wildman–Crippen MR) is 85.7 cm³/mol. The molecule has 3 rings (SSSR count). The molecule has 1 heterocycles. The van der Waals surface area contributed by atoms with Gasteiger partial charge in [-0.05, 0) is 49.4 Å². The second kappa shape index (κ2) is 5.93. The molecule has 22 heavy (non-hydrogen) atoms. The van der Waals surface area contributed by atoms with Crippen LogP contribution >= 0.6 is 0 Å². The molecule has 1 atom stereocenters. The summed E-state index contributed by atoms with van der Waals surface area (Å²) in [5.41, 5.74) is 2.74. The lowest BCUT2D eigenvalue weighted by Crippen LogP contribution is -2.02. The van der Waals surface area contributed by atoms with Gasteiger partial charge in [0.25, 0.3) is 0 Å². The first-order chi connectivity index (χ1) is 10.7. The van der Waals surface area contributed by atoms with Gasteiger partial charge >= 0.3 is 0 Å². The zero-order valence-corrected chi connectivity index (χ0v) is 12.5. The Morgan fingerprint density at radius 2 is 1.82 bits per heavy atom. The van der Waals surface area contributed by atoms with E-state index in [0.29, 0.717) is 5.56 Å². The maximum Gasteiger partial charge on any atom is 0.150 e. The van der Waals surface area contributed by atoms with Crippen molar-refractivity contribution in [3.05, 3.63) is 59.8 Å². The highest BCUT2D eigenvalue weighted by Gasteiger charge is 2.13. The highest BCUT2D eigenvalue weighted by atomic mass is 16.5. The third kappa shape index (κ3) is 2.68. The Morgan fingerprint density at radius 3 is 2.50 bits per heavy atom. The lowest BCUT2D eigenvalue weighted by atomic mass is 10.1. The Kier molecular flexibility index (Phi) is 3.83. The van der Waals surface area contributed by atoms with Gasteiger partial charge in [-0.3, -0.25) is 4.79 Å². The van der Waals surface area contributed by atoms with Crippen molar-refractivity contribution >= 4 is 17.2 Å². The lowest BCUT2D eigenvalue weighted by molar-refractivity contribution is 0.112. The first-order valence-electron chi connectivity index (χ1n) is 7.08. The molecule has 4 nitrogen and oxygen atoms in total. The number of hydrogen-bond acceptors (Lipinski definition) is 3. The van der Waals surface area contributed by atoms with Crippen molar-refractivity contribution in [3.63, 3.8) is 0 Å². The van der Waals surface area contributed by atoms with Crippen molar-refractivity contribution in [1.82, 2.24) is 4.98 Å². The first kappa shape index (κ1) is 14.2. The summed E-state index contributed by atoms with van der Waals surface area (Å²) < 4.78 is 11.2. The molecule has 1 N–H and O–H groups in total. The standard InChI is InChI=1S/C18H17NO3/c1-12(22-14-5-3-13(11-20)4-6-14)17-10-19-18-8-7-15(21-2)9-16(17)18/h3-12,19H,1-2H3. The molecule has 0 amide bonds. The van der Waals surface area contributed by atoms with Gasteiger partial charge in [-0.2, -0.15) is 0 Å². The number of hydrogen-bond donors (Lipinski definition) is 1. The summed E-state index contributed by atoms with van der Waals surface area (Å²) in [4.78, 5) is 13.9. The van der Waals surface area contributed by atoms with Gasteiger partial charge in [0, 0.05) is 28.2 Å². The number of carbonyl (C=O) groups excluding carboxylic acids is 1. The molecule has 0 spiro atoms. The van der Waals surface area contributed by atoms with E-state index in [1.807, 2.05) is 31.3 Å². The minimum absolute atomic E-state index is 0.122. The van der Waals surface area contributed by atoms with Crippen LogP contribution in [0.5, 0.6) is 11.5 Å². The number of H-pyrrole nitrogens is 1.